The summed E-state index contributed by atoms with van der Waals surface area (Å²) in [7, 11) is 0. The molecule has 1 amide bonds. The minimum Gasteiger partial charge on any atom is -0.487 e. The van der Waals surface area contributed by atoms with Crippen LogP contribution in [0.15, 0.2) is 76.8 Å². The lowest BCUT2D eigenvalue weighted by Crippen LogP contribution is -2.13. The summed E-state index contributed by atoms with van der Waals surface area (Å²) in [6, 6.07) is 22.4. The monoisotopic (exact) mass is 494 g/mol. The molecule has 0 spiro atoms. The zero-order valence-corrected chi connectivity index (χ0v) is 19.2. The first-order valence-electron chi connectivity index (χ1n) is 9.67. The summed E-state index contributed by atoms with van der Waals surface area (Å²) >= 11 is 9.74. The van der Waals surface area contributed by atoms with Gasteiger partial charge in [-0.15, -0.1) is 0 Å². The van der Waals surface area contributed by atoms with E-state index in [1.54, 1.807) is 18.2 Å². The van der Waals surface area contributed by atoms with Gasteiger partial charge in [0.15, 0.2) is 0 Å². The van der Waals surface area contributed by atoms with Gasteiger partial charge in [0, 0.05) is 10.2 Å². The van der Waals surface area contributed by atoms with Gasteiger partial charge in [0.05, 0.1) is 5.02 Å². The third kappa shape index (κ3) is 6.45. The number of ether oxygens (including phenoxy) is 1. The normalized spacial score (nSPS) is 11.0. The van der Waals surface area contributed by atoms with Crippen LogP contribution in [0.1, 0.15) is 23.6 Å². The molecule has 31 heavy (non-hydrogen) atoms. The average Bonchev–Trinajstić information content (AvgIpc) is 2.78. The second-order valence-electron chi connectivity index (χ2n) is 6.78. The summed E-state index contributed by atoms with van der Waals surface area (Å²) in [4.78, 5) is 12.5. The van der Waals surface area contributed by atoms with E-state index in [9.17, 15) is 10.1 Å². The van der Waals surface area contributed by atoms with Crippen molar-refractivity contribution in [2.75, 3.05) is 5.32 Å². The summed E-state index contributed by atoms with van der Waals surface area (Å²) in [6.07, 6.45) is 2.42. The van der Waals surface area contributed by atoms with Crippen molar-refractivity contribution in [1.82, 2.24) is 0 Å². The largest absolute Gasteiger partial charge is 0.487 e. The second kappa shape index (κ2) is 10.8. The topological polar surface area (TPSA) is 62.1 Å². The van der Waals surface area contributed by atoms with Gasteiger partial charge < -0.3 is 10.1 Å². The lowest BCUT2D eigenvalue weighted by molar-refractivity contribution is -0.112. The zero-order valence-electron chi connectivity index (χ0n) is 16.9. The van der Waals surface area contributed by atoms with E-state index in [4.69, 9.17) is 16.3 Å². The molecule has 6 heteroatoms. The Morgan fingerprint density at radius 3 is 2.39 bits per heavy atom. The number of rotatable bonds is 7. The van der Waals surface area contributed by atoms with Crippen molar-refractivity contribution in [1.29, 1.82) is 5.26 Å². The van der Waals surface area contributed by atoms with E-state index >= 15 is 0 Å². The number of nitrogens with one attached hydrogen (secondary N) is 1. The van der Waals surface area contributed by atoms with Crippen LogP contribution in [-0.2, 0) is 17.8 Å². The molecule has 0 aromatic heterocycles. The van der Waals surface area contributed by atoms with Crippen LogP contribution in [0.5, 0.6) is 5.75 Å². The maximum atomic E-state index is 12.5. The lowest BCUT2D eigenvalue weighted by atomic mass is 10.1. The zero-order chi connectivity index (χ0) is 22.2. The molecule has 4 nitrogen and oxygen atoms in total. The third-order valence-electron chi connectivity index (χ3n) is 4.56. The van der Waals surface area contributed by atoms with Gasteiger partial charge >= 0.3 is 0 Å². The van der Waals surface area contributed by atoms with E-state index in [1.165, 1.54) is 11.6 Å². The van der Waals surface area contributed by atoms with Crippen LogP contribution in [0.2, 0.25) is 5.02 Å². The molecule has 0 fully saturated rings. The molecule has 0 bridgehead atoms. The number of benzene rings is 3. The number of halogens is 2. The molecule has 0 radical (unpaired) electrons. The molecule has 0 heterocycles. The van der Waals surface area contributed by atoms with Gasteiger partial charge in [-0.25, -0.2) is 0 Å². The predicted octanol–water partition coefficient (Wildman–Crippen LogP) is 6.79. The van der Waals surface area contributed by atoms with Crippen molar-refractivity contribution in [2.45, 2.75) is 20.0 Å². The Balaban J connectivity index is 1.68. The first kappa shape index (κ1) is 22.6. The molecular formula is C25H20BrClN2O2. The van der Waals surface area contributed by atoms with Gasteiger partial charge in [-0.05, 0) is 65.6 Å². The Bertz CT molecular complexity index is 1130. The van der Waals surface area contributed by atoms with Gasteiger partial charge in [0.1, 0.15) is 24.0 Å². The fourth-order valence-electron chi connectivity index (χ4n) is 2.80. The van der Waals surface area contributed by atoms with Crippen molar-refractivity contribution in [3.8, 4) is 11.8 Å². The molecule has 0 unspecified atom stereocenters. The van der Waals surface area contributed by atoms with Gasteiger partial charge in [-0.1, -0.05) is 64.8 Å². The van der Waals surface area contributed by atoms with Crippen LogP contribution in [0.25, 0.3) is 6.08 Å². The summed E-state index contributed by atoms with van der Waals surface area (Å²) in [5.74, 6) is 0.0548. The van der Waals surface area contributed by atoms with Crippen molar-refractivity contribution in [3.63, 3.8) is 0 Å². The molecule has 0 saturated heterocycles. The molecule has 0 aliphatic heterocycles. The van der Waals surface area contributed by atoms with Gasteiger partial charge in [0.25, 0.3) is 5.91 Å². The molecule has 3 aromatic carbocycles. The molecule has 0 atom stereocenters. The van der Waals surface area contributed by atoms with Crippen LogP contribution < -0.4 is 10.1 Å². The molecule has 1 N–H and O–H groups in total. The van der Waals surface area contributed by atoms with E-state index in [2.05, 4.69) is 28.2 Å². The fourth-order valence-corrected chi connectivity index (χ4v) is 3.31. The molecule has 156 valence electrons. The average molecular weight is 496 g/mol. The third-order valence-corrected chi connectivity index (χ3v) is 5.38. The number of carbonyl (C=O) groups is 1. The number of anilines is 1. The standard InChI is InChI=1S/C25H20BrClN2O2/c1-2-17-5-10-22(11-6-17)29-25(30)20(15-28)13-19-7-12-24(23(27)14-19)31-16-18-3-8-21(26)9-4-18/h3-14H,2,16H2,1H3,(H,29,30)/b20-13+. The highest BCUT2D eigenvalue weighted by atomic mass is 79.9. The molecule has 0 aliphatic carbocycles. The van der Waals surface area contributed by atoms with Gasteiger partial charge in [-0.3, -0.25) is 4.79 Å². The first-order valence-corrected chi connectivity index (χ1v) is 10.8. The number of aryl methyl sites for hydroxylation is 1. The van der Waals surface area contributed by atoms with E-state index in [0.29, 0.717) is 28.6 Å². The Labute approximate surface area is 195 Å². The number of hydrogen-bond donors (Lipinski definition) is 1. The Kier molecular flexibility index (Phi) is 7.88. The number of hydrogen-bond acceptors (Lipinski definition) is 3. The minimum atomic E-state index is -0.474. The van der Waals surface area contributed by atoms with E-state index in [1.807, 2.05) is 54.6 Å². The number of nitriles is 1. The van der Waals surface area contributed by atoms with Gasteiger partial charge in [0.2, 0.25) is 0 Å². The Hall–Kier alpha value is -3.07. The van der Waals surface area contributed by atoms with Crippen molar-refractivity contribution < 1.29 is 9.53 Å². The van der Waals surface area contributed by atoms with Crippen LogP contribution in [0, 0.1) is 11.3 Å². The maximum Gasteiger partial charge on any atom is 0.266 e. The second-order valence-corrected chi connectivity index (χ2v) is 8.10. The SMILES string of the molecule is CCc1ccc(NC(=O)/C(C#N)=C/c2ccc(OCc3ccc(Br)cc3)c(Cl)c2)cc1. The first-order chi connectivity index (χ1) is 15.0. The van der Waals surface area contributed by atoms with Crippen molar-refractivity contribution in [3.05, 3.63) is 98.5 Å². The lowest BCUT2D eigenvalue weighted by Gasteiger charge is -2.09. The summed E-state index contributed by atoms with van der Waals surface area (Å²) < 4.78 is 6.78. The summed E-state index contributed by atoms with van der Waals surface area (Å²) in [6.45, 7) is 2.44. The molecule has 0 saturated carbocycles. The number of amides is 1. The molecule has 0 aliphatic rings. The van der Waals surface area contributed by atoms with Crippen LogP contribution in [0.3, 0.4) is 0 Å². The molecule has 3 aromatic rings. The summed E-state index contributed by atoms with van der Waals surface area (Å²) in [5.41, 5.74) is 3.44. The maximum absolute atomic E-state index is 12.5. The smallest absolute Gasteiger partial charge is 0.266 e. The van der Waals surface area contributed by atoms with E-state index in [-0.39, 0.29) is 5.57 Å². The fraction of sp³-hybridized carbons (Fsp3) is 0.120. The Morgan fingerprint density at radius 1 is 1.10 bits per heavy atom. The van der Waals surface area contributed by atoms with Crippen LogP contribution in [0.4, 0.5) is 5.69 Å². The van der Waals surface area contributed by atoms with Crippen LogP contribution >= 0.6 is 27.5 Å². The number of carbonyl (C=O) groups excluding carboxylic acids is 1. The van der Waals surface area contributed by atoms with E-state index < -0.39 is 5.91 Å². The highest BCUT2D eigenvalue weighted by Crippen LogP contribution is 2.27. The quantitative estimate of drug-likeness (QED) is 0.290. The summed E-state index contributed by atoms with van der Waals surface area (Å²) in [5, 5.41) is 12.6. The highest BCUT2D eigenvalue weighted by molar-refractivity contribution is 9.10. The molecule has 3 rings (SSSR count). The van der Waals surface area contributed by atoms with Crippen molar-refractivity contribution >= 4 is 45.2 Å². The Morgan fingerprint density at radius 2 is 1.77 bits per heavy atom. The van der Waals surface area contributed by atoms with Crippen LogP contribution in [-0.4, -0.2) is 5.91 Å². The molecular weight excluding hydrogens is 476 g/mol. The van der Waals surface area contributed by atoms with Crippen molar-refractivity contribution in [2.24, 2.45) is 0 Å². The minimum absolute atomic E-state index is 0.0147. The highest BCUT2D eigenvalue weighted by Gasteiger charge is 2.11. The number of nitrogens with zero attached hydrogens (tertiary/aromatic N) is 1. The van der Waals surface area contributed by atoms with Gasteiger partial charge in [-0.2, -0.15) is 5.26 Å². The predicted molar refractivity (Wildman–Crippen MR) is 128 cm³/mol. The van der Waals surface area contributed by atoms with E-state index in [0.717, 1.165) is 16.5 Å².